The quantitative estimate of drug-likeness (QED) is 0.785. The number of nitrogens with one attached hydrogen (secondary N) is 2. The molecule has 130 valence electrons. The van der Waals surface area contributed by atoms with Gasteiger partial charge in [-0.2, -0.15) is 0 Å². The number of benzene rings is 1. The minimum absolute atomic E-state index is 0.0794. The van der Waals surface area contributed by atoms with Crippen LogP contribution in [0.25, 0.3) is 0 Å². The first kappa shape index (κ1) is 18.1. The van der Waals surface area contributed by atoms with Crippen molar-refractivity contribution in [1.82, 2.24) is 5.32 Å². The number of thioether (sulfide) groups is 1. The molecule has 0 aromatic heterocycles. The Bertz CT molecular complexity index is 648. The number of aliphatic imine (C=N–C) groups is 1. The molecule has 2 N–H and O–H groups in total. The molecule has 1 atom stereocenters. The zero-order valence-corrected chi connectivity index (χ0v) is 14.7. The third kappa shape index (κ3) is 4.64. The Balaban J connectivity index is 1.95. The van der Waals surface area contributed by atoms with Crippen LogP contribution in [-0.2, 0) is 9.59 Å². The summed E-state index contributed by atoms with van der Waals surface area (Å²) in [5.41, 5.74) is 0.584. The number of anilines is 1. The SMILES string of the molecule is CCCN=C1NC(=O)C(CC(=O)Nc2ccc(OC)c(OC)c2)S1. The first-order valence-corrected chi connectivity index (χ1v) is 8.49. The normalized spacial score (nSPS) is 18.4. The van der Waals surface area contributed by atoms with Gasteiger partial charge in [-0.15, -0.1) is 0 Å². The van der Waals surface area contributed by atoms with Gasteiger partial charge in [0.15, 0.2) is 16.7 Å². The summed E-state index contributed by atoms with van der Waals surface area (Å²) in [5.74, 6) is 0.680. The lowest BCUT2D eigenvalue weighted by atomic mass is 10.2. The van der Waals surface area contributed by atoms with E-state index in [2.05, 4.69) is 15.6 Å². The van der Waals surface area contributed by atoms with Gasteiger partial charge in [0.25, 0.3) is 0 Å². The first-order valence-electron chi connectivity index (χ1n) is 7.61. The summed E-state index contributed by atoms with van der Waals surface area (Å²) in [6, 6.07) is 5.10. The van der Waals surface area contributed by atoms with Gasteiger partial charge >= 0.3 is 0 Å². The molecule has 1 heterocycles. The molecule has 2 rings (SSSR count). The molecule has 0 saturated carbocycles. The maximum absolute atomic E-state index is 12.2. The lowest BCUT2D eigenvalue weighted by molar-refractivity contribution is -0.122. The Hall–Kier alpha value is -2.22. The van der Waals surface area contributed by atoms with Crippen LogP contribution in [0, 0.1) is 0 Å². The van der Waals surface area contributed by atoms with E-state index in [0.717, 1.165) is 6.42 Å². The van der Waals surface area contributed by atoms with E-state index in [1.54, 1.807) is 25.3 Å². The van der Waals surface area contributed by atoms with Crippen molar-refractivity contribution >= 4 is 34.4 Å². The third-order valence-electron chi connectivity index (χ3n) is 3.29. The van der Waals surface area contributed by atoms with Crippen molar-refractivity contribution in [2.75, 3.05) is 26.1 Å². The number of rotatable bonds is 7. The zero-order valence-electron chi connectivity index (χ0n) is 13.9. The molecule has 1 unspecified atom stereocenters. The van der Waals surface area contributed by atoms with Gasteiger partial charge in [-0.1, -0.05) is 18.7 Å². The van der Waals surface area contributed by atoms with E-state index in [9.17, 15) is 9.59 Å². The van der Waals surface area contributed by atoms with E-state index in [0.29, 0.717) is 28.9 Å². The van der Waals surface area contributed by atoms with Gasteiger partial charge in [-0.25, -0.2) is 0 Å². The van der Waals surface area contributed by atoms with E-state index >= 15 is 0 Å². The summed E-state index contributed by atoms with van der Waals surface area (Å²) in [4.78, 5) is 28.3. The van der Waals surface area contributed by atoms with Crippen LogP contribution >= 0.6 is 11.8 Å². The summed E-state index contributed by atoms with van der Waals surface area (Å²) in [6.07, 6.45) is 0.986. The van der Waals surface area contributed by atoms with Gasteiger partial charge in [-0.05, 0) is 18.6 Å². The molecular weight excluding hydrogens is 330 g/mol. The fourth-order valence-corrected chi connectivity index (χ4v) is 3.12. The van der Waals surface area contributed by atoms with E-state index in [1.807, 2.05) is 6.92 Å². The summed E-state index contributed by atoms with van der Waals surface area (Å²) in [6.45, 7) is 2.67. The number of ether oxygens (including phenoxy) is 2. The predicted octanol–water partition coefficient (Wildman–Crippen LogP) is 2.03. The van der Waals surface area contributed by atoms with Crippen LogP contribution in [0.1, 0.15) is 19.8 Å². The Morgan fingerprint density at radius 3 is 2.75 bits per heavy atom. The number of carbonyl (C=O) groups excluding carboxylic acids is 2. The lowest BCUT2D eigenvalue weighted by Gasteiger charge is -2.11. The molecule has 0 radical (unpaired) electrons. The summed E-state index contributed by atoms with van der Waals surface area (Å²) in [7, 11) is 3.07. The average molecular weight is 351 g/mol. The molecule has 1 aromatic carbocycles. The van der Waals surface area contributed by atoms with Crippen LogP contribution < -0.4 is 20.1 Å². The van der Waals surface area contributed by atoms with E-state index in [1.165, 1.54) is 18.9 Å². The molecule has 0 aliphatic carbocycles. The highest BCUT2D eigenvalue weighted by Crippen LogP contribution is 2.30. The van der Waals surface area contributed by atoms with Crippen LogP contribution in [0.5, 0.6) is 11.5 Å². The van der Waals surface area contributed by atoms with Crippen molar-refractivity contribution in [3.8, 4) is 11.5 Å². The zero-order chi connectivity index (χ0) is 17.5. The first-order chi connectivity index (χ1) is 11.6. The van der Waals surface area contributed by atoms with Crippen LogP contribution in [0.3, 0.4) is 0 Å². The molecule has 1 fully saturated rings. The fourth-order valence-electron chi connectivity index (χ4n) is 2.12. The number of amidine groups is 1. The molecule has 8 heteroatoms. The summed E-state index contributed by atoms with van der Waals surface area (Å²) < 4.78 is 10.4. The number of nitrogens with zero attached hydrogens (tertiary/aromatic N) is 1. The molecule has 1 aromatic rings. The molecule has 1 aliphatic rings. The van der Waals surface area contributed by atoms with Crippen molar-refractivity contribution in [1.29, 1.82) is 0 Å². The van der Waals surface area contributed by atoms with Crippen molar-refractivity contribution < 1.29 is 19.1 Å². The van der Waals surface area contributed by atoms with E-state index in [-0.39, 0.29) is 18.2 Å². The molecule has 7 nitrogen and oxygen atoms in total. The molecule has 2 amide bonds. The minimum Gasteiger partial charge on any atom is -0.493 e. The molecule has 0 spiro atoms. The van der Waals surface area contributed by atoms with Gasteiger partial charge in [-0.3, -0.25) is 14.6 Å². The molecule has 0 bridgehead atoms. The minimum atomic E-state index is -0.458. The Morgan fingerprint density at radius 1 is 1.33 bits per heavy atom. The van der Waals surface area contributed by atoms with Crippen molar-refractivity contribution in [3.63, 3.8) is 0 Å². The maximum Gasteiger partial charge on any atom is 0.240 e. The van der Waals surface area contributed by atoms with Crippen molar-refractivity contribution in [2.24, 2.45) is 4.99 Å². The van der Waals surface area contributed by atoms with E-state index < -0.39 is 5.25 Å². The van der Waals surface area contributed by atoms with Gasteiger partial charge in [0.2, 0.25) is 11.8 Å². The highest BCUT2D eigenvalue weighted by Gasteiger charge is 2.31. The number of carbonyl (C=O) groups is 2. The summed E-state index contributed by atoms with van der Waals surface area (Å²) >= 11 is 1.30. The average Bonchev–Trinajstić information content (AvgIpc) is 2.92. The number of hydrogen-bond donors (Lipinski definition) is 2. The Morgan fingerprint density at radius 2 is 2.08 bits per heavy atom. The second-order valence-corrected chi connectivity index (χ2v) is 6.30. The number of hydrogen-bond acceptors (Lipinski definition) is 6. The highest BCUT2D eigenvalue weighted by atomic mass is 32.2. The smallest absolute Gasteiger partial charge is 0.240 e. The Labute approximate surface area is 145 Å². The second-order valence-electron chi connectivity index (χ2n) is 5.10. The monoisotopic (exact) mass is 351 g/mol. The maximum atomic E-state index is 12.2. The third-order valence-corrected chi connectivity index (χ3v) is 4.41. The van der Waals surface area contributed by atoms with Crippen LogP contribution in [0.4, 0.5) is 5.69 Å². The lowest BCUT2D eigenvalue weighted by Crippen LogP contribution is -2.28. The fraction of sp³-hybridized carbons (Fsp3) is 0.438. The Kier molecular flexibility index (Phi) is 6.48. The number of methoxy groups -OCH3 is 2. The van der Waals surface area contributed by atoms with Crippen LogP contribution in [0.15, 0.2) is 23.2 Å². The number of amides is 2. The predicted molar refractivity (Wildman–Crippen MR) is 94.9 cm³/mol. The topological polar surface area (TPSA) is 89.0 Å². The van der Waals surface area contributed by atoms with Gasteiger partial charge in [0.1, 0.15) is 5.25 Å². The second kappa shape index (κ2) is 8.58. The molecule has 1 aliphatic heterocycles. The van der Waals surface area contributed by atoms with Crippen molar-refractivity contribution in [2.45, 2.75) is 25.0 Å². The largest absolute Gasteiger partial charge is 0.493 e. The van der Waals surface area contributed by atoms with Gasteiger partial charge in [0, 0.05) is 24.7 Å². The van der Waals surface area contributed by atoms with Crippen LogP contribution in [0.2, 0.25) is 0 Å². The van der Waals surface area contributed by atoms with E-state index in [4.69, 9.17) is 9.47 Å². The van der Waals surface area contributed by atoms with Gasteiger partial charge in [0.05, 0.1) is 14.2 Å². The molecular formula is C16H21N3O4S. The summed E-state index contributed by atoms with van der Waals surface area (Å²) in [5, 5.41) is 5.60. The van der Waals surface area contributed by atoms with Gasteiger partial charge < -0.3 is 20.1 Å². The van der Waals surface area contributed by atoms with Crippen molar-refractivity contribution in [3.05, 3.63) is 18.2 Å². The highest BCUT2D eigenvalue weighted by molar-refractivity contribution is 8.15. The molecule has 24 heavy (non-hydrogen) atoms. The van der Waals surface area contributed by atoms with Crippen LogP contribution in [-0.4, -0.2) is 43.0 Å². The standard InChI is InChI=1S/C16H21N3O4S/c1-4-7-17-16-19-15(21)13(24-16)9-14(20)18-10-5-6-11(22-2)12(8-10)23-3/h5-6,8,13H,4,7,9H2,1-3H3,(H,18,20)(H,17,19,21). The molecule has 1 saturated heterocycles.